The van der Waals surface area contributed by atoms with E-state index < -0.39 is 0 Å². The Bertz CT molecular complexity index is 238. The van der Waals surface area contributed by atoms with Gasteiger partial charge in [-0.1, -0.05) is 11.6 Å². The van der Waals surface area contributed by atoms with Crippen LogP contribution in [0.4, 0.5) is 0 Å². The van der Waals surface area contributed by atoms with E-state index in [1.165, 1.54) is 0 Å². The van der Waals surface area contributed by atoms with Crippen molar-refractivity contribution in [2.45, 2.75) is 5.92 Å². The van der Waals surface area contributed by atoms with Gasteiger partial charge in [0.15, 0.2) is 5.15 Å². The van der Waals surface area contributed by atoms with Gasteiger partial charge in [0.25, 0.3) is 0 Å². The van der Waals surface area contributed by atoms with E-state index in [-0.39, 0.29) is 12.5 Å². The molecule has 1 rings (SSSR count). The maximum absolute atomic E-state index is 8.97. The zero-order chi connectivity index (χ0) is 9.14. The molecule has 0 saturated carbocycles. The van der Waals surface area contributed by atoms with Crippen LogP contribution in [0.1, 0.15) is 11.6 Å². The Morgan fingerprint density at radius 3 is 2.83 bits per heavy atom. The molecule has 0 spiro atoms. The summed E-state index contributed by atoms with van der Waals surface area (Å²) in [6, 6.07) is 0. The Hall–Kier alpha value is -0.580. The predicted molar refractivity (Wildman–Crippen MR) is 47.1 cm³/mol. The second-order valence-corrected chi connectivity index (χ2v) is 3.00. The smallest absolute Gasteiger partial charge is 0.150 e. The highest BCUT2D eigenvalue weighted by Gasteiger charge is 2.16. The number of rotatable bonds is 3. The summed E-state index contributed by atoms with van der Waals surface area (Å²) in [4.78, 5) is 3.89. The van der Waals surface area contributed by atoms with E-state index in [9.17, 15) is 0 Å². The number of halogens is 1. The number of aliphatic hydroxyl groups is 1. The molecule has 1 heterocycles. The average molecular weight is 190 g/mol. The maximum Gasteiger partial charge on any atom is 0.150 e. The van der Waals surface area contributed by atoms with Crippen molar-refractivity contribution in [2.24, 2.45) is 12.8 Å². The minimum Gasteiger partial charge on any atom is -0.396 e. The van der Waals surface area contributed by atoms with Crippen molar-refractivity contribution < 1.29 is 5.11 Å². The van der Waals surface area contributed by atoms with Crippen LogP contribution in [0.3, 0.4) is 0 Å². The van der Waals surface area contributed by atoms with E-state index in [0.717, 1.165) is 5.69 Å². The summed E-state index contributed by atoms with van der Waals surface area (Å²) >= 11 is 5.80. The Morgan fingerprint density at radius 2 is 2.50 bits per heavy atom. The molecule has 3 N–H and O–H groups in total. The van der Waals surface area contributed by atoms with Crippen LogP contribution in [0.5, 0.6) is 0 Å². The molecule has 0 aliphatic carbocycles. The average Bonchev–Trinajstić information content (AvgIpc) is 2.38. The van der Waals surface area contributed by atoms with Gasteiger partial charge >= 0.3 is 0 Å². The molecule has 0 saturated heterocycles. The normalized spacial score (nSPS) is 13.3. The molecule has 12 heavy (non-hydrogen) atoms. The predicted octanol–water partition coefficient (Wildman–Crippen LogP) is 0.108. The van der Waals surface area contributed by atoms with Crippen LogP contribution in [0.15, 0.2) is 6.33 Å². The van der Waals surface area contributed by atoms with E-state index >= 15 is 0 Å². The first-order valence-corrected chi connectivity index (χ1v) is 4.06. The number of imidazole rings is 1. The molecule has 5 heteroatoms. The molecule has 68 valence electrons. The molecule has 0 aliphatic heterocycles. The van der Waals surface area contributed by atoms with Crippen LogP contribution >= 0.6 is 11.6 Å². The Labute approximate surface area is 76.0 Å². The number of hydrogen-bond donors (Lipinski definition) is 2. The van der Waals surface area contributed by atoms with Gasteiger partial charge in [-0.15, -0.1) is 0 Å². The molecule has 0 aromatic carbocycles. The summed E-state index contributed by atoms with van der Waals surface area (Å²) in [5, 5.41) is 9.39. The second-order valence-electron chi connectivity index (χ2n) is 2.65. The standard InChI is InChI=1S/C7H12ClN3O/c1-11-4-10-7(8)6(11)5(2-9)3-12/h4-5,12H,2-3,9H2,1H3. The van der Waals surface area contributed by atoms with Crippen LogP contribution in [-0.2, 0) is 7.05 Å². The first-order valence-electron chi connectivity index (χ1n) is 3.68. The Morgan fingerprint density at radius 1 is 1.83 bits per heavy atom. The molecule has 1 atom stereocenters. The van der Waals surface area contributed by atoms with Crippen molar-refractivity contribution in [3.63, 3.8) is 0 Å². The van der Waals surface area contributed by atoms with Crippen LogP contribution in [0.2, 0.25) is 5.15 Å². The minimum atomic E-state index is -0.120. The van der Waals surface area contributed by atoms with Crippen molar-refractivity contribution >= 4 is 11.6 Å². The summed E-state index contributed by atoms with van der Waals surface area (Å²) in [5.41, 5.74) is 6.25. The van der Waals surface area contributed by atoms with E-state index in [4.69, 9.17) is 22.4 Å². The molecule has 1 unspecified atom stereocenters. The molecule has 0 fully saturated rings. The third-order valence-corrected chi connectivity index (χ3v) is 2.12. The van der Waals surface area contributed by atoms with Gasteiger partial charge in [0.05, 0.1) is 18.6 Å². The maximum atomic E-state index is 8.97. The summed E-state index contributed by atoms with van der Waals surface area (Å²) in [6.45, 7) is 0.367. The lowest BCUT2D eigenvalue weighted by atomic mass is 10.1. The lowest BCUT2D eigenvalue weighted by Gasteiger charge is -2.12. The number of hydrogen-bond acceptors (Lipinski definition) is 3. The first kappa shape index (κ1) is 9.51. The zero-order valence-electron chi connectivity index (χ0n) is 6.87. The fourth-order valence-corrected chi connectivity index (χ4v) is 1.47. The van der Waals surface area contributed by atoms with E-state index in [0.29, 0.717) is 11.7 Å². The summed E-state index contributed by atoms with van der Waals surface area (Å²) in [5.74, 6) is -0.120. The molecule has 0 radical (unpaired) electrons. The minimum absolute atomic E-state index is 0.00421. The van der Waals surface area contributed by atoms with Gasteiger partial charge in [0, 0.05) is 19.5 Å². The topological polar surface area (TPSA) is 64.1 Å². The van der Waals surface area contributed by atoms with E-state index in [1.807, 2.05) is 7.05 Å². The second kappa shape index (κ2) is 3.89. The lowest BCUT2D eigenvalue weighted by Crippen LogP contribution is -2.18. The van der Waals surface area contributed by atoms with Gasteiger partial charge < -0.3 is 15.4 Å². The van der Waals surface area contributed by atoms with Gasteiger partial charge in [0.2, 0.25) is 0 Å². The number of aromatic nitrogens is 2. The highest BCUT2D eigenvalue weighted by Crippen LogP contribution is 2.21. The van der Waals surface area contributed by atoms with Crippen LogP contribution < -0.4 is 5.73 Å². The van der Waals surface area contributed by atoms with Crippen molar-refractivity contribution in [1.29, 1.82) is 0 Å². The third-order valence-electron chi connectivity index (χ3n) is 1.83. The highest BCUT2D eigenvalue weighted by atomic mass is 35.5. The number of aliphatic hydroxyl groups excluding tert-OH is 1. The van der Waals surface area contributed by atoms with E-state index in [2.05, 4.69) is 4.98 Å². The van der Waals surface area contributed by atoms with Gasteiger partial charge in [-0.2, -0.15) is 0 Å². The molecule has 0 aliphatic rings. The van der Waals surface area contributed by atoms with Crippen molar-refractivity contribution in [3.05, 3.63) is 17.2 Å². The molecule has 4 nitrogen and oxygen atoms in total. The fourth-order valence-electron chi connectivity index (χ4n) is 1.14. The lowest BCUT2D eigenvalue weighted by molar-refractivity contribution is 0.264. The van der Waals surface area contributed by atoms with Gasteiger partial charge in [-0.3, -0.25) is 0 Å². The molecule has 0 bridgehead atoms. The molecular formula is C7H12ClN3O. The molecular weight excluding hydrogens is 178 g/mol. The Kier molecular flexibility index (Phi) is 3.08. The molecule has 0 amide bonds. The summed E-state index contributed by atoms with van der Waals surface area (Å²) in [6.07, 6.45) is 1.61. The SMILES string of the molecule is Cn1cnc(Cl)c1C(CN)CO. The quantitative estimate of drug-likeness (QED) is 0.710. The van der Waals surface area contributed by atoms with Crippen LogP contribution in [-0.4, -0.2) is 27.8 Å². The van der Waals surface area contributed by atoms with Gasteiger partial charge in [0.1, 0.15) is 0 Å². The monoisotopic (exact) mass is 189 g/mol. The van der Waals surface area contributed by atoms with Crippen LogP contribution in [0.25, 0.3) is 0 Å². The first-order chi connectivity index (χ1) is 5.70. The third kappa shape index (κ3) is 1.60. The summed E-state index contributed by atoms with van der Waals surface area (Å²) in [7, 11) is 1.83. The summed E-state index contributed by atoms with van der Waals surface area (Å²) < 4.78 is 1.77. The van der Waals surface area contributed by atoms with Crippen molar-refractivity contribution in [2.75, 3.05) is 13.2 Å². The molecule has 1 aromatic heterocycles. The van der Waals surface area contributed by atoms with Gasteiger partial charge in [-0.05, 0) is 0 Å². The molecule has 1 aromatic rings. The van der Waals surface area contributed by atoms with Crippen molar-refractivity contribution in [1.82, 2.24) is 9.55 Å². The largest absolute Gasteiger partial charge is 0.396 e. The van der Waals surface area contributed by atoms with E-state index in [1.54, 1.807) is 10.9 Å². The number of nitrogens with two attached hydrogens (primary N) is 1. The Balaban J connectivity index is 2.98. The number of nitrogens with zero attached hydrogens (tertiary/aromatic N) is 2. The van der Waals surface area contributed by atoms with Crippen LogP contribution in [0, 0.1) is 0 Å². The van der Waals surface area contributed by atoms with Gasteiger partial charge in [-0.25, -0.2) is 4.98 Å². The number of aryl methyl sites for hydroxylation is 1. The highest BCUT2D eigenvalue weighted by molar-refractivity contribution is 6.30. The zero-order valence-corrected chi connectivity index (χ0v) is 7.62. The fraction of sp³-hybridized carbons (Fsp3) is 0.571. The van der Waals surface area contributed by atoms with Crippen molar-refractivity contribution in [3.8, 4) is 0 Å².